The minimum Gasteiger partial charge on any atom is -0.507 e. The van der Waals surface area contributed by atoms with Crippen LogP contribution in [-0.2, 0) is 6.54 Å². The first kappa shape index (κ1) is 17.3. The third-order valence-electron chi connectivity index (χ3n) is 5.18. The summed E-state index contributed by atoms with van der Waals surface area (Å²) in [5.74, 6) is 0.195. The van der Waals surface area contributed by atoms with Gasteiger partial charge in [0.15, 0.2) is 5.78 Å². The predicted molar refractivity (Wildman–Crippen MR) is 111 cm³/mol. The molecule has 0 aliphatic rings. The number of phenolic OH excluding ortho intramolecular Hbond substituents is 1. The minimum absolute atomic E-state index is 0.00311. The molecule has 0 atom stereocenters. The highest BCUT2D eigenvalue weighted by Crippen LogP contribution is 2.31. The smallest absolute Gasteiger partial charge is 0.195 e. The van der Waals surface area contributed by atoms with Crippen LogP contribution >= 0.6 is 0 Å². The number of hydrogen-bond acceptors (Lipinski definition) is 2. The molecular formula is C24H23NO2. The number of hydrogen-bond donors (Lipinski definition) is 1. The molecule has 0 aliphatic heterocycles. The van der Waals surface area contributed by atoms with Crippen LogP contribution in [0, 0.1) is 0 Å². The minimum atomic E-state index is -0.00311. The summed E-state index contributed by atoms with van der Waals surface area (Å²) in [6, 6.07) is 18.9. The fraction of sp³-hybridized carbons (Fsp3) is 0.208. The lowest BCUT2D eigenvalue weighted by Crippen LogP contribution is -2.02. The van der Waals surface area contributed by atoms with Crippen LogP contribution in [-0.4, -0.2) is 15.5 Å². The third kappa shape index (κ3) is 3.10. The topological polar surface area (TPSA) is 42.2 Å². The van der Waals surface area contributed by atoms with Crippen molar-refractivity contribution in [2.24, 2.45) is 0 Å². The van der Waals surface area contributed by atoms with Gasteiger partial charge < -0.3 is 9.67 Å². The lowest BCUT2D eigenvalue weighted by molar-refractivity contribution is 0.104. The number of ketones is 1. The van der Waals surface area contributed by atoms with Crippen LogP contribution in [0.1, 0.15) is 42.1 Å². The van der Waals surface area contributed by atoms with Crippen molar-refractivity contribution in [3.05, 3.63) is 78.0 Å². The highest BCUT2D eigenvalue weighted by atomic mass is 16.3. The van der Waals surface area contributed by atoms with E-state index in [2.05, 4.69) is 17.6 Å². The van der Waals surface area contributed by atoms with E-state index in [1.807, 2.05) is 48.7 Å². The maximum Gasteiger partial charge on any atom is 0.195 e. The number of phenols is 1. The Hall–Kier alpha value is -3.07. The van der Waals surface area contributed by atoms with E-state index in [4.69, 9.17) is 0 Å². The van der Waals surface area contributed by atoms with Crippen LogP contribution in [0.5, 0.6) is 5.75 Å². The van der Waals surface area contributed by atoms with Crippen molar-refractivity contribution in [2.45, 2.75) is 32.7 Å². The number of aromatic nitrogens is 1. The van der Waals surface area contributed by atoms with Gasteiger partial charge in [-0.25, -0.2) is 0 Å². The first-order chi connectivity index (χ1) is 13.2. The quantitative estimate of drug-likeness (QED) is 0.344. The zero-order chi connectivity index (χ0) is 18.8. The molecule has 0 amide bonds. The second kappa shape index (κ2) is 7.28. The monoisotopic (exact) mass is 357 g/mol. The molecule has 3 aromatic carbocycles. The van der Waals surface area contributed by atoms with Crippen molar-refractivity contribution in [3.8, 4) is 5.75 Å². The molecule has 0 saturated carbocycles. The number of carbonyl (C=O) groups excluding carboxylic acids is 1. The number of benzene rings is 3. The molecule has 0 unspecified atom stereocenters. The normalized spacial score (nSPS) is 11.3. The van der Waals surface area contributed by atoms with Crippen LogP contribution in [0.2, 0.25) is 0 Å². The number of para-hydroxylation sites is 1. The van der Waals surface area contributed by atoms with Gasteiger partial charge in [0, 0.05) is 40.2 Å². The summed E-state index contributed by atoms with van der Waals surface area (Å²) in [7, 11) is 0. The SMILES string of the molecule is CCCCCn1cc(C(=O)c2ccc(O)c3ccccc23)c2ccccc21. The molecule has 4 aromatic rings. The van der Waals surface area contributed by atoms with E-state index in [1.54, 1.807) is 12.1 Å². The molecular weight excluding hydrogens is 334 g/mol. The van der Waals surface area contributed by atoms with Gasteiger partial charge in [-0.05, 0) is 30.0 Å². The molecule has 0 fully saturated rings. The predicted octanol–water partition coefficient (Wildman–Crippen LogP) is 5.92. The van der Waals surface area contributed by atoms with Crippen molar-refractivity contribution in [3.63, 3.8) is 0 Å². The van der Waals surface area contributed by atoms with Crippen LogP contribution in [0.3, 0.4) is 0 Å². The van der Waals surface area contributed by atoms with Gasteiger partial charge in [-0.1, -0.05) is 62.2 Å². The molecule has 136 valence electrons. The van der Waals surface area contributed by atoms with Crippen LogP contribution in [0.4, 0.5) is 0 Å². The van der Waals surface area contributed by atoms with Gasteiger partial charge in [0.2, 0.25) is 0 Å². The number of aromatic hydroxyl groups is 1. The summed E-state index contributed by atoms with van der Waals surface area (Å²) in [5, 5.41) is 12.6. The Labute approximate surface area is 158 Å². The van der Waals surface area contributed by atoms with Gasteiger partial charge in [0.25, 0.3) is 0 Å². The molecule has 0 radical (unpaired) electrons. The van der Waals surface area contributed by atoms with Crippen LogP contribution < -0.4 is 0 Å². The van der Waals surface area contributed by atoms with Gasteiger partial charge in [-0.2, -0.15) is 0 Å². The van der Waals surface area contributed by atoms with E-state index in [1.165, 1.54) is 12.8 Å². The Morgan fingerprint density at radius 1 is 0.852 bits per heavy atom. The summed E-state index contributed by atoms with van der Waals surface area (Å²) in [6.07, 6.45) is 5.44. The number of nitrogens with zero attached hydrogens (tertiary/aromatic N) is 1. The highest BCUT2D eigenvalue weighted by Gasteiger charge is 2.19. The van der Waals surface area contributed by atoms with Crippen LogP contribution in [0.15, 0.2) is 66.9 Å². The molecule has 3 nitrogen and oxygen atoms in total. The van der Waals surface area contributed by atoms with Gasteiger partial charge in [0.1, 0.15) is 5.75 Å². The standard InChI is InChI=1S/C24H23NO2/c1-2-3-8-15-25-16-21(18-10-6-7-12-22(18)25)24(27)20-13-14-23(26)19-11-5-4-9-17(19)20/h4-7,9-14,16,26H,2-3,8,15H2,1H3. The number of unbranched alkanes of at least 4 members (excludes halogenated alkanes) is 2. The lowest BCUT2D eigenvalue weighted by atomic mass is 9.96. The Bertz CT molecular complexity index is 1120. The molecule has 0 aliphatic carbocycles. The van der Waals surface area contributed by atoms with E-state index in [9.17, 15) is 9.90 Å². The van der Waals surface area contributed by atoms with E-state index >= 15 is 0 Å². The molecule has 1 heterocycles. The maximum absolute atomic E-state index is 13.4. The van der Waals surface area contributed by atoms with E-state index in [0.29, 0.717) is 10.9 Å². The Balaban J connectivity index is 1.83. The second-order valence-electron chi connectivity index (χ2n) is 6.97. The largest absolute Gasteiger partial charge is 0.507 e. The van der Waals surface area contributed by atoms with Crippen molar-refractivity contribution in [1.82, 2.24) is 4.57 Å². The number of aryl methyl sites for hydroxylation is 1. The summed E-state index contributed by atoms with van der Waals surface area (Å²) >= 11 is 0. The Morgan fingerprint density at radius 3 is 2.33 bits per heavy atom. The van der Waals surface area contributed by atoms with E-state index in [-0.39, 0.29) is 11.5 Å². The molecule has 1 aromatic heterocycles. The average molecular weight is 357 g/mol. The van der Waals surface area contributed by atoms with Gasteiger partial charge >= 0.3 is 0 Å². The second-order valence-corrected chi connectivity index (χ2v) is 6.97. The summed E-state index contributed by atoms with van der Waals surface area (Å²) in [5.41, 5.74) is 2.44. The van der Waals surface area contributed by atoms with Crippen molar-refractivity contribution >= 4 is 27.5 Å². The molecule has 0 spiro atoms. The highest BCUT2D eigenvalue weighted by molar-refractivity contribution is 6.21. The first-order valence-corrected chi connectivity index (χ1v) is 9.54. The summed E-state index contributed by atoms with van der Waals surface area (Å²) in [6.45, 7) is 3.11. The fourth-order valence-corrected chi connectivity index (χ4v) is 3.77. The average Bonchev–Trinajstić information content (AvgIpc) is 3.07. The molecule has 0 bridgehead atoms. The van der Waals surface area contributed by atoms with E-state index in [0.717, 1.165) is 34.8 Å². The number of rotatable bonds is 6. The van der Waals surface area contributed by atoms with E-state index < -0.39 is 0 Å². The lowest BCUT2D eigenvalue weighted by Gasteiger charge is -2.07. The Kier molecular flexibility index (Phi) is 4.68. The molecule has 0 saturated heterocycles. The van der Waals surface area contributed by atoms with Gasteiger partial charge in [0.05, 0.1) is 0 Å². The zero-order valence-electron chi connectivity index (χ0n) is 15.5. The van der Waals surface area contributed by atoms with Gasteiger partial charge in [-0.15, -0.1) is 0 Å². The van der Waals surface area contributed by atoms with Crippen LogP contribution in [0.25, 0.3) is 21.7 Å². The molecule has 4 rings (SSSR count). The molecule has 27 heavy (non-hydrogen) atoms. The first-order valence-electron chi connectivity index (χ1n) is 9.54. The van der Waals surface area contributed by atoms with Crippen molar-refractivity contribution in [2.75, 3.05) is 0 Å². The summed E-state index contributed by atoms with van der Waals surface area (Å²) < 4.78 is 2.20. The number of carbonyl (C=O) groups is 1. The number of fused-ring (bicyclic) bond motifs is 2. The van der Waals surface area contributed by atoms with Crippen molar-refractivity contribution in [1.29, 1.82) is 0 Å². The van der Waals surface area contributed by atoms with Gasteiger partial charge in [-0.3, -0.25) is 4.79 Å². The zero-order valence-corrected chi connectivity index (χ0v) is 15.5. The van der Waals surface area contributed by atoms with Crippen molar-refractivity contribution < 1.29 is 9.90 Å². The molecule has 3 heteroatoms. The maximum atomic E-state index is 13.4. The fourth-order valence-electron chi connectivity index (χ4n) is 3.77. The third-order valence-corrected chi connectivity index (χ3v) is 5.18. The molecule has 1 N–H and O–H groups in total. The Morgan fingerprint density at radius 2 is 1.56 bits per heavy atom. The summed E-state index contributed by atoms with van der Waals surface area (Å²) in [4.78, 5) is 13.4.